The molecule has 0 saturated carbocycles. The summed E-state index contributed by atoms with van der Waals surface area (Å²) in [6.45, 7) is 1.99. The smallest absolute Gasteiger partial charge is 0.228 e. The van der Waals surface area contributed by atoms with Crippen LogP contribution in [0.15, 0.2) is 28.9 Å². The van der Waals surface area contributed by atoms with Crippen molar-refractivity contribution in [3.63, 3.8) is 0 Å². The molecule has 0 aliphatic carbocycles. The fourth-order valence-electron chi connectivity index (χ4n) is 2.25. The Kier molecular flexibility index (Phi) is 3.15. The lowest BCUT2D eigenvalue weighted by molar-refractivity contribution is -0.115. The van der Waals surface area contributed by atoms with Gasteiger partial charge in [-0.1, -0.05) is 33.6 Å². The number of anilines is 1. The molecule has 0 saturated heterocycles. The first-order chi connectivity index (χ1) is 9.06. The molecule has 2 heterocycles. The predicted molar refractivity (Wildman–Crippen MR) is 78.0 cm³/mol. The number of benzene rings is 1. The fourth-order valence-corrected chi connectivity index (χ4v) is 3.50. The van der Waals surface area contributed by atoms with Crippen LogP contribution >= 0.6 is 27.5 Å². The summed E-state index contributed by atoms with van der Waals surface area (Å²) in [6.07, 6.45) is 2.06. The Morgan fingerprint density at radius 3 is 2.95 bits per heavy atom. The van der Waals surface area contributed by atoms with E-state index in [9.17, 15) is 4.79 Å². The van der Waals surface area contributed by atoms with Crippen molar-refractivity contribution >= 4 is 39.1 Å². The second-order valence-corrected chi connectivity index (χ2v) is 5.91. The van der Waals surface area contributed by atoms with Crippen molar-refractivity contribution in [2.75, 3.05) is 5.32 Å². The molecule has 5 heteroatoms. The molecule has 1 aliphatic rings. The Bertz CT molecular complexity index is 665. The largest absolute Gasteiger partial charge is 0.468 e. The zero-order valence-corrected chi connectivity index (χ0v) is 12.5. The van der Waals surface area contributed by atoms with Crippen LogP contribution in [0.5, 0.6) is 0 Å². The molecule has 1 unspecified atom stereocenters. The topological polar surface area (TPSA) is 42.2 Å². The molecular formula is C14H11BrClNO2. The van der Waals surface area contributed by atoms with E-state index in [1.54, 1.807) is 12.3 Å². The Morgan fingerprint density at radius 1 is 1.47 bits per heavy atom. The third-order valence-corrected chi connectivity index (χ3v) is 4.49. The maximum Gasteiger partial charge on any atom is 0.228 e. The van der Waals surface area contributed by atoms with Crippen LogP contribution in [0.25, 0.3) is 0 Å². The minimum absolute atomic E-state index is 0.00326. The third kappa shape index (κ3) is 2.19. The zero-order chi connectivity index (χ0) is 13.6. The lowest BCUT2D eigenvalue weighted by atomic mass is 10.0. The lowest BCUT2D eigenvalue weighted by Crippen LogP contribution is -2.03. The van der Waals surface area contributed by atoms with E-state index in [0.717, 1.165) is 28.1 Å². The number of furan rings is 1. The zero-order valence-electron chi connectivity index (χ0n) is 10.2. The summed E-state index contributed by atoms with van der Waals surface area (Å²) in [5.41, 5.74) is 3.75. The van der Waals surface area contributed by atoms with Gasteiger partial charge in [-0.15, -0.1) is 0 Å². The first-order valence-corrected chi connectivity index (χ1v) is 7.16. The molecule has 1 aliphatic heterocycles. The molecule has 1 amide bonds. The van der Waals surface area contributed by atoms with Crippen molar-refractivity contribution in [3.05, 3.63) is 51.9 Å². The molecular weight excluding hydrogens is 330 g/mol. The van der Waals surface area contributed by atoms with E-state index in [4.69, 9.17) is 16.0 Å². The normalized spacial score (nSPS) is 15.2. The minimum atomic E-state index is -0.115. The van der Waals surface area contributed by atoms with Gasteiger partial charge in [-0.3, -0.25) is 4.79 Å². The Balaban J connectivity index is 2.05. The van der Waals surface area contributed by atoms with Gasteiger partial charge in [0, 0.05) is 10.7 Å². The number of hydrogen-bond donors (Lipinski definition) is 1. The minimum Gasteiger partial charge on any atom is -0.468 e. The van der Waals surface area contributed by atoms with Gasteiger partial charge >= 0.3 is 0 Å². The van der Waals surface area contributed by atoms with Crippen molar-refractivity contribution in [1.29, 1.82) is 0 Å². The standard InChI is InChI=1S/C14H11BrClNO2/c1-7-2-3-19-14(7)13(15)9-4-8-5-12(18)17-11(8)6-10(9)16/h2-4,6,13H,5H2,1H3,(H,17,18). The molecule has 0 radical (unpaired) electrons. The van der Waals surface area contributed by atoms with Crippen molar-refractivity contribution in [2.45, 2.75) is 18.2 Å². The molecule has 1 N–H and O–H groups in total. The number of halogens is 2. The van der Waals surface area contributed by atoms with Crippen LogP contribution in [0.2, 0.25) is 5.02 Å². The van der Waals surface area contributed by atoms with Crippen LogP contribution in [0.4, 0.5) is 5.69 Å². The number of fused-ring (bicyclic) bond motifs is 1. The van der Waals surface area contributed by atoms with Gasteiger partial charge in [-0.05, 0) is 35.7 Å². The predicted octanol–water partition coefficient (Wildman–Crippen LogP) is 4.22. The molecule has 3 nitrogen and oxygen atoms in total. The van der Waals surface area contributed by atoms with Crippen molar-refractivity contribution in [1.82, 2.24) is 0 Å². The molecule has 3 rings (SSSR count). The van der Waals surface area contributed by atoms with E-state index < -0.39 is 0 Å². The second-order valence-electron chi connectivity index (χ2n) is 4.59. The summed E-state index contributed by atoms with van der Waals surface area (Å²) in [7, 11) is 0. The Morgan fingerprint density at radius 2 is 2.26 bits per heavy atom. The van der Waals surface area contributed by atoms with E-state index in [0.29, 0.717) is 11.4 Å². The van der Waals surface area contributed by atoms with Crippen LogP contribution in [0.1, 0.15) is 27.3 Å². The summed E-state index contributed by atoms with van der Waals surface area (Å²) in [6, 6.07) is 5.66. The molecule has 0 fully saturated rings. The number of aryl methyl sites for hydroxylation is 1. The first kappa shape index (κ1) is 12.8. The van der Waals surface area contributed by atoms with Gasteiger partial charge in [0.1, 0.15) is 5.76 Å². The monoisotopic (exact) mass is 339 g/mol. The van der Waals surface area contributed by atoms with Gasteiger partial charge in [0.15, 0.2) is 0 Å². The third-order valence-electron chi connectivity index (χ3n) is 3.25. The summed E-state index contributed by atoms with van der Waals surface area (Å²) in [5.74, 6) is 0.836. The van der Waals surface area contributed by atoms with E-state index >= 15 is 0 Å². The summed E-state index contributed by atoms with van der Waals surface area (Å²) in [5, 5.41) is 3.40. The highest BCUT2D eigenvalue weighted by molar-refractivity contribution is 9.09. The van der Waals surface area contributed by atoms with Gasteiger partial charge in [0.25, 0.3) is 0 Å². The van der Waals surface area contributed by atoms with E-state index in [2.05, 4.69) is 21.2 Å². The average Bonchev–Trinajstić information content (AvgIpc) is 2.92. The summed E-state index contributed by atoms with van der Waals surface area (Å²) >= 11 is 9.91. The molecule has 0 spiro atoms. The molecule has 2 aromatic rings. The highest BCUT2D eigenvalue weighted by Gasteiger charge is 2.24. The van der Waals surface area contributed by atoms with E-state index in [-0.39, 0.29) is 10.7 Å². The van der Waals surface area contributed by atoms with Crippen molar-refractivity contribution in [2.24, 2.45) is 0 Å². The summed E-state index contributed by atoms with van der Waals surface area (Å²) in [4.78, 5) is 11.3. The number of hydrogen-bond acceptors (Lipinski definition) is 2. The van der Waals surface area contributed by atoms with Crippen LogP contribution in [-0.2, 0) is 11.2 Å². The number of carbonyl (C=O) groups is 1. The van der Waals surface area contributed by atoms with Gasteiger partial charge in [0.2, 0.25) is 5.91 Å². The van der Waals surface area contributed by atoms with E-state index in [1.165, 1.54) is 0 Å². The number of nitrogens with one attached hydrogen (secondary N) is 1. The average molecular weight is 341 g/mol. The second kappa shape index (κ2) is 4.69. The van der Waals surface area contributed by atoms with E-state index in [1.807, 2.05) is 19.1 Å². The quantitative estimate of drug-likeness (QED) is 0.832. The van der Waals surface area contributed by atoms with Crippen LogP contribution in [0, 0.1) is 6.92 Å². The van der Waals surface area contributed by atoms with Crippen LogP contribution < -0.4 is 5.32 Å². The van der Waals surface area contributed by atoms with Gasteiger partial charge in [0.05, 0.1) is 17.5 Å². The first-order valence-electron chi connectivity index (χ1n) is 5.86. The van der Waals surface area contributed by atoms with Gasteiger partial charge in [-0.25, -0.2) is 0 Å². The molecule has 1 atom stereocenters. The maximum atomic E-state index is 11.4. The van der Waals surface area contributed by atoms with Crippen molar-refractivity contribution < 1.29 is 9.21 Å². The molecule has 19 heavy (non-hydrogen) atoms. The van der Waals surface area contributed by atoms with Crippen molar-refractivity contribution in [3.8, 4) is 0 Å². The summed E-state index contributed by atoms with van der Waals surface area (Å²) < 4.78 is 5.49. The van der Waals surface area contributed by atoms with Gasteiger partial charge in [-0.2, -0.15) is 0 Å². The molecule has 1 aromatic carbocycles. The van der Waals surface area contributed by atoms with Crippen LogP contribution in [-0.4, -0.2) is 5.91 Å². The Labute approximate surface area is 124 Å². The number of carbonyl (C=O) groups excluding carboxylic acids is 1. The SMILES string of the molecule is Cc1ccoc1C(Br)c1cc2c(cc1Cl)NC(=O)C2. The lowest BCUT2D eigenvalue weighted by Gasteiger charge is -2.12. The van der Waals surface area contributed by atoms with Crippen LogP contribution in [0.3, 0.4) is 0 Å². The number of amides is 1. The fraction of sp³-hybridized carbons (Fsp3) is 0.214. The highest BCUT2D eigenvalue weighted by Crippen LogP contribution is 2.40. The number of rotatable bonds is 2. The maximum absolute atomic E-state index is 11.4. The molecule has 1 aromatic heterocycles. The highest BCUT2D eigenvalue weighted by atomic mass is 79.9. The number of alkyl halides is 1. The molecule has 98 valence electrons. The molecule has 0 bridgehead atoms. The Hall–Kier alpha value is -1.26. The van der Waals surface area contributed by atoms with Gasteiger partial charge < -0.3 is 9.73 Å².